The smallest absolute Gasteiger partial charge is 0.306 e. The number of hydrogen-bond donors (Lipinski definition) is 1. The van der Waals surface area contributed by atoms with E-state index >= 15 is 0 Å². The number of thioether (sulfide) groups is 1. The van der Waals surface area contributed by atoms with E-state index < -0.39 is 23.0 Å². The van der Waals surface area contributed by atoms with Gasteiger partial charge in [-0.05, 0) is 36.7 Å². The monoisotopic (exact) mass is 378 g/mol. The highest BCUT2D eigenvalue weighted by atomic mass is 32.2. The molecule has 3 amide bonds. The van der Waals surface area contributed by atoms with E-state index in [9.17, 15) is 19.2 Å². The van der Waals surface area contributed by atoms with Crippen molar-refractivity contribution >= 4 is 40.9 Å². The number of likely N-dealkylation sites (tertiary alicyclic amines) is 1. The Morgan fingerprint density at radius 1 is 1.31 bits per heavy atom. The van der Waals surface area contributed by atoms with Crippen molar-refractivity contribution in [3.63, 3.8) is 0 Å². The van der Waals surface area contributed by atoms with Crippen molar-refractivity contribution in [1.29, 1.82) is 0 Å². The minimum atomic E-state index is -0.835. The third kappa shape index (κ3) is 3.98. The van der Waals surface area contributed by atoms with Crippen molar-refractivity contribution in [2.24, 2.45) is 5.92 Å². The lowest BCUT2D eigenvalue weighted by molar-refractivity contribution is -0.145. The summed E-state index contributed by atoms with van der Waals surface area (Å²) in [5, 5.41) is 8.57. The summed E-state index contributed by atoms with van der Waals surface area (Å²) in [6, 6.07) is 3.36. The van der Waals surface area contributed by atoms with Crippen LogP contribution in [0.2, 0.25) is 0 Å². The molecule has 8 nitrogen and oxygen atoms in total. The molecule has 9 heteroatoms. The van der Waals surface area contributed by atoms with E-state index in [0.717, 1.165) is 16.7 Å². The molecule has 2 fully saturated rings. The molecule has 26 heavy (non-hydrogen) atoms. The molecule has 0 bridgehead atoms. The van der Waals surface area contributed by atoms with Gasteiger partial charge in [0.15, 0.2) is 0 Å². The number of piperidine rings is 1. The average Bonchev–Trinajstić information content (AvgIpc) is 3.22. The summed E-state index contributed by atoms with van der Waals surface area (Å²) in [5.41, 5.74) is 0. The molecule has 0 unspecified atom stereocenters. The molecule has 0 spiro atoms. The van der Waals surface area contributed by atoms with E-state index in [1.807, 2.05) is 0 Å². The van der Waals surface area contributed by atoms with Gasteiger partial charge >= 0.3 is 5.97 Å². The number of imide groups is 1. The maximum Gasteiger partial charge on any atom is 0.306 e. The number of furan rings is 1. The Balaban J connectivity index is 1.53. The molecule has 3 rings (SSSR count). The first-order valence-corrected chi connectivity index (χ1v) is 9.07. The van der Waals surface area contributed by atoms with E-state index in [2.05, 4.69) is 0 Å². The van der Waals surface area contributed by atoms with Gasteiger partial charge in [0.25, 0.3) is 11.1 Å². The zero-order valence-corrected chi connectivity index (χ0v) is 14.7. The predicted molar refractivity (Wildman–Crippen MR) is 92.9 cm³/mol. The number of rotatable bonds is 5. The van der Waals surface area contributed by atoms with Crippen LogP contribution >= 0.6 is 11.8 Å². The van der Waals surface area contributed by atoms with Crippen molar-refractivity contribution in [3.8, 4) is 0 Å². The Bertz CT molecular complexity index is 749. The summed E-state index contributed by atoms with van der Waals surface area (Å²) >= 11 is 0.819. The van der Waals surface area contributed by atoms with Crippen LogP contribution in [0.3, 0.4) is 0 Å². The molecule has 0 radical (unpaired) electrons. The first kappa shape index (κ1) is 18.2. The molecule has 1 aromatic heterocycles. The van der Waals surface area contributed by atoms with Gasteiger partial charge in [-0.25, -0.2) is 0 Å². The summed E-state index contributed by atoms with van der Waals surface area (Å²) in [4.78, 5) is 50.5. The Hall–Kier alpha value is -2.55. The number of hydrogen-bond acceptors (Lipinski definition) is 6. The summed E-state index contributed by atoms with van der Waals surface area (Å²) < 4.78 is 5.14. The van der Waals surface area contributed by atoms with E-state index in [-0.39, 0.29) is 23.8 Å². The van der Waals surface area contributed by atoms with Crippen LogP contribution < -0.4 is 0 Å². The minimum absolute atomic E-state index is 0.0118. The number of aliphatic carboxylic acids is 1. The van der Waals surface area contributed by atoms with Gasteiger partial charge in [-0.3, -0.25) is 24.1 Å². The number of carbonyl (C=O) groups is 4. The van der Waals surface area contributed by atoms with Crippen LogP contribution in [0.15, 0.2) is 27.7 Å². The summed E-state index contributed by atoms with van der Waals surface area (Å²) in [7, 11) is 0. The second kappa shape index (κ2) is 7.77. The van der Waals surface area contributed by atoms with Crippen molar-refractivity contribution in [3.05, 3.63) is 29.1 Å². The lowest BCUT2D eigenvalue weighted by Crippen LogP contribution is -2.42. The molecule has 1 N–H and O–H groups in total. The Morgan fingerprint density at radius 3 is 2.65 bits per heavy atom. The minimum Gasteiger partial charge on any atom is -0.481 e. The van der Waals surface area contributed by atoms with Gasteiger partial charge < -0.3 is 14.4 Å². The van der Waals surface area contributed by atoms with E-state index in [0.29, 0.717) is 31.7 Å². The maximum absolute atomic E-state index is 12.3. The van der Waals surface area contributed by atoms with Gasteiger partial charge in [0.05, 0.1) is 17.1 Å². The number of carboxylic acid groups (broad SMARTS) is 1. The molecule has 1 aromatic rings. The van der Waals surface area contributed by atoms with Crippen LogP contribution in [-0.4, -0.2) is 57.6 Å². The fraction of sp³-hybridized carbons (Fsp3) is 0.412. The van der Waals surface area contributed by atoms with E-state index in [1.165, 1.54) is 12.3 Å². The number of carboxylic acids is 1. The Morgan fingerprint density at radius 2 is 2.04 bits per heavy atom. The first-order valence-electron chi connectivity index (χ1n) is 8.25. The molecular weight excluding hydrogens is 360 g/mol. The molecule has 0 atom stereocenters. The van der Waals surface area contributed by atoms with E-state index in [4.69, 9.17) is 9.52 Å². The van der Waals surface area contributed by atoms with Crippen molar-refractivity contribution in [1.82, 2.24) is 9.80 Å². The molecule has 0 aromatic carbocycles. The normalized spacial score (nSPS) is 20.2. The lowest BCUT2D eigenvalue weighted by atomic mass is 9.97. The second-order valence-electron chi connectivity index (χ2n) is 6.09. The van der Waals surface area contributed by atoms with Crippen LogP contribution in [0, 0.1) is 5.92 Å². The zero-order valence-electron chi connectivity index (χ0n) is 13.9. The number of amides is 3. The zero-order chi connectivity index (χ0) is 18.7. The third-order valence-corrected chi connectivity index (χ3v) is 5.34. The fourth-order valence-electron chi connectivity index (χ4n) is 2.94. The molecule has 2 saturated heterocycles. The van der Waals surface area contributed by atoms with Gasteiger partial charge in [-0.2, -0.15) is 0 Å². The number of nitrogens with zero attached hydrogens (tertiary/aromatic N) is 2. The highest BCUT2D eigenvalue weighted by molar-refractivity contribution is 8.18. The highest BCUT2D eigenvalue weighted by Gasteiger charge is 2.36. The van der Waals surface area contributed by atoms with Crippen LogP contribution in [0.1, 0.15) is 25.0 Å². The fourth-order valence-corrected chi connectivity index (χ4v) is 3.78. The largest absolute Gasteiger partial charge is 0.481 e. The average molecular weight is 378 g/mol. The molecule has 0 saturated carbocycles. The molecular formula is C17H18N2O6S. The standard InChI is InChI=1S/C17H18N2O6S/c20-14(18-6-3-11(4-7-18)16(22)23)5-8-19-15(21)13(26-17(19)24)10-12-2-1-9-25-12/h1-2,9-11H,3-8H2,(H,22,23)/b13-10-. The molecule has 2 aliphatic rings. The maximum atomic E-state index is 12.3. The summed E-state index contributed by atoms with van der Waals surface area (Å²) in [6.07, 6.45) is 3.86. The van der Waals surface area contributed by atoms with Crippen LogP contribution in [0.5, 0.6) is 0 Å². The van der Waals surface area contributed by atoms with Crippen molar-refractivity contribution in [2.75, 3.05) is 19.6 Å². The SMILES string of the molecule is O=C(O)C1CCN(C(=O)CCN2C(=O)S/C(=C\c3ccco3)C2=O)CC1. The van der Waals surface area contributed by atoms with Crippen LogP contribution in [-0.2, 0) is 14.4 Å². The quantitative estimate of drug-likeness (QED) is 0.781. The van der Waals surface area contributed by atoms with Gasteiger partial charge in [-0.15, -0.1) is 0 Å². The van der Waals surface area contributed by atoms with Gasteiger partial charge in [-0.1, -0.05) is 0 Å². The summed E-state index contributed by atoms with van der Waals surface area (Å²) in [5.74, 6) is -1.38. The first-order chi connectivity index (χ1) is 12.5. The van der Waals surface area contributed by atoms with Gasteiger partial charge in [0, 0.05) is 32.1 Å². The highest BCUT2D eigenvalue weighted by Crippen LogP contribution is 2.32. The molecule has 2 aliphatic heterocycles. The Labute approximate surface area is 153 Å². The molecule has 0 aliphatic carbocycles. The van der Waals surface area contributed by atoms with Crippen molar-refractivity contribution in [2.45, 2.75) is 19.3 Å². The van der Waals surface area contributed by atoms with Gasteiger partial charge in [0.1, 0.15) is 5.76 Å². The topological polar surface area (TPSA) is 108 Å². The summed E-state index contributed by atoms with van der Waals surface area (Å²) in [6.45, 7) is 0.782. The van der Waals surface area contributed by atoms with Crippen LogP contribution in [0.4, 0.5) is 4.79 Å². The lowest BCUT2D eigenvalue weighted by Gasteiger charge is -2.30. The predicted octanol–water partition coefficient (Wildman–Crippen LogP) is 2.03. The van der Waals surface area contributed by atoms with Crippen molar-refractivity contribution < 1.29 is 28.7 Å². The Kier molecular flexibility index (Phi) is 5.46. The molecule has 138 valence electrons. The second-order valence-corrected chi connectivity index (χ2v) is 7.09. The number of carbonyl (C=O) groups excluding carboxylic acids is 3. The molecule has 3 heterocycles. The van der Waals surface area contributed by atoms with Gasteiger partial charge in [0.2, 0.25) is 5.91 Å². The third-order valence-electron chi connectivity index (χ3n) is 4.44. The van der Waals surface area contributed by atoms with Crippen LogP contribution in [0.25, 0.3) is 6.08 Å². The van der Waals surface area contributed by atoms with E-state index in [1.54, 1.807) is 17.0 Å².